The third-order valence-electron chi connectivity index (χ3n) is 1.24. The van der Waals surface area contributed by atoms with Gasteiger partial charge >= 0.3 is 0 Å². The van der Waals surface area contributed by atoms with Crippen molar-refractivity contribution in [3.05, 3.63) is 23.8 Å². The van der Waals surface area contributed by atoms with E-state index in [1.807, 2.05) is 6.08 Å². The molecule has 0 unspecified atom stereocenters. The molecule has 0 amide bonds. The SMILES string of the molecule is CC(=O)/C=C/CCC=C(C)C. The molecule has 0 fully saturated rings. The Kier molecular flexibility index (Phi) is 5.44. The molecule has 0 rings (SSSR count). The molecule has 0 bridgehead atoms. The van der Waals surface area contributed by atoms with Crippen LogP contribution in [0.3, 0.4) is 0 Å². The summed E-state index contributed by atoms with van der Waals surface area (Å²) >= 11 is 0. The highest BCUT2D eigenvalue weighted by Gasteiger charge is 1.81. The first-order valence-electron chi connectivity index (χ1n) is 3.93. The van der Waals surface area contributed by atoms with Gasteiger partial charge in [0, 0.05) is 0 Å². The van der Waals surface area contributed by atoms with E-state index >= 15 is 0 Å². The molecule has 1 nitrogen and oxygen atoms in total. The lowest BCUT2D eigenvalue weighted by Crippen LogP contribution is -1.79. The van der Waals surface area contributed by atoms with Gasteiger partial charge in [0.05, 0.1) is 0 Å². The monoisotopic (exact) mass is 152 g/mol. The zero-order valence-electron chi connectivity index (χ0n) is 7.55. The van der Waals surface area contributed by atoms with Gasteiger partial charge in [0.2, 0.25) is 0 Å². The van der Waals surface area contributed by atoms with E-state index in [0.717, 1.165) is 12.8 Å². The Bertz CT molecular complexity index is 171. The van der Waals surface area contributed by atoms with Gasteiger partial charge in [-0.15, -0.1) is 0 Å². The highest BCUT2D eigenvalue weighted by Crippen LogP contribution is 1.97. The van der Waals surface area contributed by atoms with Crippen molar-refractivity contribution in [1.29, 1.82) is 0 Å². The van der Waals surface area contributed by atoms with E-state index < -0.39 is 0 Å². The van der Waals surface area contributed by atoms with Crippen LogP contribution in [0.5, 0.6) is 0 Å². The van der Waals surface area contributed by atoms with E-state index in [1.54, 1.807) is 13.0 Å². The lowest BCUT2D eigenvalue weighted by atomic mass is 10.2. The van der Waals surface area contributed by atoms with Crippen LogP contribution in [0.25, 0.3) is 0 Å². The lowest BCUT2D eigenvalue weighted by molar-refractivity contribution is -0.112. The Morgan fingerprint density at radius 2 is 1.82 bits per heavy atom. The van der Waals surface area contributed by atoms with E-state index in [2.05, 4.69) is 19.9 Å². The Labute approximate surface area is 68.8 Å². The van der Waals surface area contributed by atoms with Crippen LogP contribution in [0.4, 0.5) is 0 Å². The van der Waals surface area contributed by atoms with Crippen molar-refractivity contribution in [2.24, 2.45) is 0 Å². The Morgan fingerprint density at radius 1 is 1.18 bits per heavy atom. The van der Waals surface area contributed by atoms with E-state index in [4.69, 9.17) is 0 Å². The van der Waals surface area contributed by atoms with Gasteiger partial charge < -0.3 is 0 Å². The van der Waals surface area contributed by atoms with Crippen molar-refractivity contribution < 1.29 is 4.79 Å². The maximum atomic E-state index is 10.4. The van der Waals surface area contributed by atoms with Crippen molar-refractivity contribution in [2.45, 2.75) is 33.6 Å². The van der Waals surface area contributed by atoms with Crippen molar-refractivity contribution in [3.8, 4) is 0 Å². The molecule has 0 saturated carbocycles. The Morgan fingerprint density at radius 3 is 2.27 bits per heavy atom. The molecule has 0 spiro atoms. The standard InChI is InChI=1S/C10H16O/c1-9(2)7-5-4-6-8-10(3)11/h6-8H,4-5H2,1-3H3/b8-6+. The minimum Gasteiger partial charge on any atom is -0.295 e. The van der Waals surface area contributed by atoms with E-state index in [1.165, 1.54) is 5.57 Å². The molecule has 1 heteroatoms. The van der Waals surface area contributed by atoms with E-state index in [0.29, 0.717) is 0 Å². The lowest BCUT2D eigenvalue weighted by Gasteiger charge is -1.88. The first-order chi connectivity index (χ1) is 5.13. The summed E-state index contributed by atoms with van der Waals surface area (Å²) in [7, 11) is 0. The summed E-state index contributed by atoms with van der Waals surface area (Å²) < 4.78 is 0. The van der Waals surface area contributed by atoms with Crippen molar-refractivity contribution in [2.75, 3.05) is 0 Å². The number of ketones is 1. The van der Waals surface area contributed by atoms with Gasteiger partial charge in [-0.05, 0) is 39.7 Å². The third kappa shape index (κ3) is 9.15. The van der Waals surface area contributed by atoms with E-state index in [-0.39, 0.29) is 5.78 Å². The van der Waals surface area contributed by atoms with Crippen molar-refractivity contribution >= 4 is 5.78 Å². The summed E-state index contributed by atoms with van der Waals surface area (Å²) in [6.07, 6.45) is 7.71. The second kappa shape index (κ2) is 5.90. The Hall–Kier alpha value is -0.850. The summed E-state index contributed by atoms with van der Waals surface area (Å²) in [5, 5.41) is 0. The molecule has 0 aliphatic carbocycles. The van der Waals surface area contributed by atoms with Crippen LogP contribution in [0.15, 0.2) is 23.8 Å². The number of rotatable bonds is 4. The molecular formula is C10H16O. The number of unbranched alkanes of at least 4 members (excludes halogenated alkanes) is 1. The minimum atomic E-state index is 0.127. The quantitative estimate of drug-likeness (QED) is 0.344. The number of allylic oxidation sites excluding steroid dienone is 4. The summed E-state index contributed by atoms with van der Waals surface area (Å²) in [4.78, 5) is 10.4. The van der Waals surface area contributed by atoms with Crippen LogP contribution < -0.4 is 0 Å². The molecule has 0 heterocycles. The fourth-order valence-electron chi connectivity index (χ4n) is 0.718. The van der Waals surface area contributed by atoms with Crippen LogP contribution >= 0.6 is 0 Å². The van der Waals surface area contributed by atoms with Crippen LogP contribution in [-0.4, -0.2) is 5.78 Å². The van der Waals surface area contributed by atoms with E-state index in [9.17, 15) is 4.79 Å². The van der Waals surface area contributed by atoms with Gasteiger partial charge in [-0.1, -0.05) is 17.7 Å². The van der Waals surface area contributed by atoms with Gasteiger partial charge in [0.15, 0.2) is 5.78 Å². The average molecular weight is 152 g/mol. The molecule has 0 N–H and O–H groups in total. The second-order valence-corrected chi connectivity index (χ2v) is 2.87. The zero-order valence-corrected chi connectivity index (χ0v) is 7.55. The first kappa shape index (κ1) is 10.2. The fourth-order valence-corrected chi connectivity index (χ4v) is 0.718. The van der Waals surface area contributed by atoms with Crippen LogP contribution in [0, 0.1) is 0 Å². The molecule has 0 aromatic heterocycles. The van der Waals surface area contributed by atoms with Crippen molar-refractivity contribution in [1.82, 2.24) is 0 Å². The summed E-state index contributed by atoms with van der Waals surface area (Å²) in [5.41, 5.74) is 1.33. The van der Waals surface area contributed by atoms with Crippen LogP contribution in [-0.2, 0) is 4.79 Å². The summed E-state index contributed by atoms with van der Waals surface area (Å²) in [6, 6.07) is 0. The fraction of sp³-hybridized carbons (Fsp3) is 0.500. The first-order valence-corrected chi connectivity index (χ1v) is 3.93. The van der Waals surface area contributed by atoms with Crippen molar-refractivity contribution in [3.63, 3.8) is 0 Å². The molecule has 0 aliphatic rings. The molecule has 0 atom stereocenters. The highest BCUT2D eigenvalue weighted by atomic mass is 16.1. The number of hydrogen-bond acceptors (Lipinski definition) is 1. The third-order valence-corrected chi connectivity index (χ3v) is 1.24. The topological polar surface area (TPSA) is 17.1 Å². The molecule has 11 heavy (non-hydrogen) atoms. The molecule has 0 aromatic rings. The zero-order chi connectivity index (χ0) is 8.69. The van der Waals surface area contributed by atoms with Gasteiger partial charge in [-0.2, -0.15) is 0 Å². The highest BCUT2D eigenvalue weighted by molar-refractivity contribution is 5.87. The predicted octanol–water partition coefficient (Wildman–Crippen LogP) is 2.88. The molecule has 0 aromatic carbocycles. The molecule has 0 aliphatic heterocycles. The average Bonchev–Trinajstić information content (AvgIpc) is 1.85. The van der Waals surface area contributed by atoms with Gasteiger partial charge in [0.1, 0.15) is 0 Å². The smallest absolute Gasteiger partial charge is 0.152 e. The molecule has 62 valence electrons. The van der Waals surface area contributed by atoms with Gasteiger partial charge in [0.25, 0.3) is 0 Å². The predicted molar refractivity (Wildman–Crippen MR) is 48.5 cm³/mol. The number of carbonyl (C=O) groups excluding carboxylic acids is 1. The largest absolute Gasteiger partial charge is 0.295 e. The molecule has 0 saturated heterocycles. The number of carbonyl (C=O) groups is 1. The van der Waals surface area contributed by atoms with Gasteiger partial charge in [-0.25, -0.2) is 0 Å². The van der Waals surface area contributed by atoms with Gasteiger partial charge in [-0.3, -0.25) is 4.79 Å². The molecular weight excluding hydrogens is 136 g/mol. The van der Waals surface area contributed by atoms with Crippen LogP contribution in [0.2, 0.25) is 0 Å². The van der Waals surface area contributed by atoms with Crippen LogP contribution in [0.1, 0.15) is 33.6 Å². The molecule has 0 radical (unpaired) electrons. The summed E-state index contributed by atoms with van der Waals surface area (Å²) in [5.74, 6) is 0.127. The summed E-state index contributed by atoms with van der Waals surface area (Å²) in [6.45, 7) is 5.72. The normalized spacial score (nSPS) is 10.1. The number of hydrogen-bond donors (Lipinski definition) is 0. The second-order valence-electron chi connectivity index (χ2n) is 2.87. The maximum absolute atomic E-state index is 10.4. The Balaban J connectivity index is 3.42. The maximum Gasteiger partial charge on any atom is 0.152 e. The minimum absolute atomic E-state index is 0.127.